The van der Waals surface area contributed by atoms with Crippen LogP contribution in [0.25, 0.3) is 11.5 Å². The summed E-state index contributed by atoms with van der Waals surface area (Å²) in [6.07, 6.45) is 0. The van der Waals surface area contributed by atoms with Crippen molar-refractivity contribution in [3.63, 3.8) is 0 Å². The fraction of sp³-hybridized carbons (Fsp3) is 0.238. The van der Waals surface area contributed by atoms with E-state index in [-0.39, 0.29) is 11.9 Å². The largest absolute Gasteiger partial charge is 0.403 e. The predicted molar refractivity (Wildman–Crippen MR) is 120 cm³/mol. The highest BCUT2D eigenvalue weighted by molar-refractivity contribution is 8.23. The molecule has 1 aliphatic heterocycles. The number of thioether (sulfide) groups is 1. The van der Waals surface area contributed by atoms with Crippen LogP contribution in [0.5, 0.6) is 0 Å². The number of hydrogen-bond acceptors (Lipinski definition) is 7. The van der Waals surface area contributed by atoms with Gasteiger partial charge in [0.1, 0.15) is 9.57 Å². The van der Waals surface area contributed by atoms with Crippen LogP contribution >= 0.6 is 24.0 Å². The van der Waals surface area contributed by atoms with Gasteiger partial charge in [0, 0.05) is 18.7 Å². The summed E-state index contributed by atoms with van der Waals surface area (Å²) in [6, 6.07) is 19.0. The number of morpholine rings is 1. The second kappa shape index (κ2) is 9.84. The minimum Gasteiger partial charge on any atom is -0.403 e. The van der Waals surface area contributed by atoms with Crippen molar-refractivity contribution in [2.75, 3.05) is 31.6 Å². The number of thiocarbonyl (C=S) groups is 1. The SMILES string of the molecule is O=C(Nc1nnc(-c2ccccc2)o1)C(SC(=S)N1CCOCC1)c1ccccc1. The normalized spacial score (nSPS) is 14.9. The molecule has 1 unspecified atom stereocenters. The third-order valence-corrected chi connectivity index (χ3v) is 6.23. The summed E-state index contributed by atoms with van der Waals surface area (Å²) >= 11 is 6.94. The summed E-state index contributed by atoms with van der Waals surface area (Å²) in [5.41, 5.74) is 1.63. The van der Waals surface area contributed by atoms with Crippen LogP contribution in [0.4, 0.5) is 6.01 Å². The third-order valence-electron chi connectivity index (χ3n) is 4.50. The van der Waals surface area contributed by atoms with E-state index in [0.717, 1.165) is 24.2 Å². The highest BCUT2D eigenvalue weighted by Gasteiger charge is 2.27. The van der Waals surface area contributed by atoms with Crippen LogP contribution in [-0.4, -0.2) is 51.6 Å². The first-order chi connectivity index (χ1) is 14.7. The average Bonchev–Trinajstić information content (AvgIpc) is 3.27. The van der Waals surface area contributed by atoms with E-state index in [0.29, 0.717) is 23.4 Å². The van der Waals surface area contributed by atoms with Crippen LogP contribution in [0.2, 0.25) is 0 Å². The average molecular weight is 441 g/mol. The quantitative estimate of drug-likeness (QED) is 0.601. The van der Waals surface area contributed by atoms with Gasteiger partial charge in [-0.1, -0.05) is 77.6 Å². The first-order valence-corrected chi connectivity index (χ1v) is 10.8. The molecule has 30 heavy (non-hydrogen) atoms. The number of nitrogens with zero attached hydrogens (tertiary/aromatic N) is 3. The Morgan fingerprint density at radius 2 is 1.70 bits per heavy atom. The van der Waals surface area contributed by atoms with Crippen LogP contribution in [0.15, 0.2) is 65.1 Å². The lowest BCUT2D eigenvalue weighted by atomic mass is 10.1. The van der Waals surface area contributed by atoms with Crippen LogP contribution in [0, 0.1) is 0 Å². The number of anilines is 1. The molecule has 2 heterocycles. The van der Waals surface area contributed by atoms with Gasteiger partial charge in [0.2, 0.25) is 11.8 Å². The van der Waals surface area contributed by atoms with Crippen LogP contribution in [0.3, 0.4) is 0 Å². The van der Waals surface area contributed by atoms with Crippen molar-refractivity contribution in [2.45, 2.75) is 5.25 Å². The summed E-state index contributed by atoms with van der Waals surface area (Å²) in [4.78, 5) is 15.2. The summed E-state index contributed by atoms with van der Waals surface area (Å²) in [6.45, 7) is 2.71. The first-order valence-electron chi connectivity index (χ1n) is 9.49. The number of benzene rings is 2. The summed E-state index contributed by atoms with van der Waals surface area (Å²) < 4.78 is 11.7. The Morgan fingerprint density at radius 3 is 2.40 bits per heavy atom. The molecule has 1 amide bonds. The van der Waals surface area contributed by atoms with Crippen molar-refractivity contribution in [2.24, 2.45) is 0 Å². The maximum Gasteiger partial charge on any atom is 0.322 e. The molecule has 154 valence electrons. The molecule has 7 nitrogen and oxygen atoms in total. The van der Waals surface area contributed by atoms with Gasteiger partial charge in [-0.05, 0) is 17.7 Å². The van der Waals surface area contributed by atoms with Gasteiger partial charge in [0.05, 0.1) is 13.2 Å². The summed E-state index contributed by atoms with van der Waals surface area (Å²) in [7, 11) is 0. The maximum absolute atomic E-state index is 13.1. The lowest BCUT2D eigenvalue weighted by Gasteiger charge is -2.30. The van der Waals surface area contributed by atoms with E-state index in [1.165, 1.54) is 11.8 Å². The van der Waals surface area contributed by atoms with E-state index in [9.17, 15) is 4.79 Å². The molecule has 0 spiro atoms. The highest BCUT2D eigenvalue weighted by Crippen LogP contribution is 2.33. The van der Waals surface area contributed by atoms with Gasteiger partial charge < -0.3 is 14.1 Å². The smallest absolute Gasteiger partial charge is 0.322 e. The molecule has 9 heteroatoms. The zero-order valence-electron chi connectivity index (χ0n) is 16.1. The number of amides is 1. The minimum atomic E-state index is -0.548. The second-order valence-electron chi connectivity index (χ2n) is 6.54. The van der Waals surface area contributed by atoms with Crippen molar-refractivity contribution in [1.29, 1.82) is 0 Å². The van der Waals surface area contributed by atoms with Gasteiger partial charge in [0.25, 0.3) is 0 Å². The molecule has 1 fully saturated rings. The number of ether oxygens (including phenoxy) is 1. The maximum atomic E-state index is 13.1. The number of rotatable bonds is 5. The Bertz CT molecular complexity index is 992. The minimum absolute atomic E-state index is 0.0534. The van der Waals surface area contributed by atoms with E-state index in [4.69, 9.17) is 21.4 Å². The van der Waals surface area contributed by atoms with Crippen molar-refractivity contribution in [3.05, 3.63) is 66.2 Å². The molecule has 0 aliphatic carbocycles. The molecule has 1 saturated heterocycles. The molecule has 1 aliphatic rings. The number of nitrogens with one attached hydrogen (secondary N) is 1. The van der Waals surface area contributed by atoms with Crippen molar-refractivity contribution >= 4 is 40.2 Å². The van der Waals surface area contributed by atoms with Gasteiger partial charge >= 0.3 is 6.01 Å². The fourth-order valence-corrected chi connectivity index (χ4v) is 4.43. The Morgan fingerprint density at radius 1 is 1.03 bits per heavy atom. The van der Waals surface area contributed by atoms with Crippen molar-refractivity contribution in [3.8, 4) is 11.5 Å². The number of carbonyl (C=O) groups is 1. The van der Waals surface area contributed by atoms with Gasteiger partial charge in [-0.25, -0.2) is 0 Å². The zero-order chi connectivity index (χ0) is 20.8. The van der Waals surface area contributed by atoms with Crippen LogP contribution < -0.4 is 5.32 Å². The van der Waals surface area contributed by atoms with E-state index >= 15 is 0 Å². The highest BCUT2D eigenvalue weighted by atomic mass is 32.2. The van der Waals surface area contributed by atoms with E-state index in [1.807, 2.05) is 60.7 Å². The predicted octanol–water partition coefficient (Wildman–Crippen LogP) is 3.77. The van der Waals surface area contributed by atoms with Gasteiger partial charge in [-0.3, -0.25) is 10.1 Å². The first kappa shape index (κ1) is 20.5. The number of hydrogen-bond donors (Lipinski definition) is 1. The number of carbonyl (C=O) groups excluding carboxylic acids is 1. The molecule has 2 aromatic carbocycles. The molecule has 0 radical (unpaired) electrons. The fourth-order valence-electron chi connectivity index (χ4n) is 2.96. The molecular weight excluding hydrogens is 420 g/mol. The van der Waals surface area contributed by atoms with Crippen molar-refractivity contribution < 1.29 is 13.9 Å². The number of aromatic nitrogens is 2. The summed E-state index contributed by atoms with van der Waals surface area (Å²) in [5.74, 6) is 0.0729. The molecule has 0 saturated carbocycles. The van der Waals surface area contributed by atoms with Crippen LogP contribution in [0.1, 0.15) is 10.8 Å². The van der Waals surface area contributed by atoms with E-state index in [1.54, 1.807) is 0 Å². The third kappa shape index (κ3) is 5.05. The standard InChI is InChI=1S/C21H20N4O3S2/c26-18(22-20-24-23-19(28-20)16-9-5-2-6-10-16)17(15-7-3-1-4-8-15)30-21(29)25-11-13-27-14-12-25/h1-10,17H,11-14H2,(H,22,24,26). The Kier molecular flexibility index (Phi) is 6.73. The van der Waals surface area contributed by atoms with E-state index < -0.39 is 5.25 Å². The van der Waals surface area contributed by atoms with Gasteiger partial charge in [-0.2, -0.15) is 0 Å². The lowest BCUT2D eigenvalue weighted by molar-refractivity contribution is -0.115. The molecular formula is C21H20N4O3S2. The van der Waals surface area contributed by atoms with E-state index in [2.05, 4.69) is 20.4 Å². The zero-order valence-corrected chi connectivity index (χ0v) is 17.7. The summed E-state index contributed by atoms with van der Waals surface area (Å²) in [5, 5.41) is 10.2. The molecule has 1 atom stereocenters. The molecule has 1 aromatic heterocycles. The topological polar surface area (TPSA) is 80.5 Å². The molecule has 3 aromatic rings. The Labute approximate surface area is 183 Å². The molecule has 1 N–H and O–H groups in total. The molecule has 4 rings (SSSR count). The Balaban J connectivity index is 1.50. The molecule has 0 bridgehead atoms. The van der Waals surface area contributed by atoms with Gasteiger partial charge in [-0.15, -0.1) is 5.10 Å². The van der Waals surface area contributed by atoms with Crippen molar-refractivity contribution in [1.82, 2.24) is 15.1 Å². The van der Waals surface area contributed by atoms with Crippen LogP contribution in [-0.2, 0) is 9.53 Å². The second-order valence-corrected chi connectivity index (χ2v) is 8.28. The van der Waals surface area contributed by atoms with Gasteiger partial charge in [0.15, 0.2) is 0 Å². The monoisotopic (exact) mass is 440 g/mol. The Hall–Kier alpha value is -2.75. The lowest BCUT2D eigenvalue weighted by Crippen LogP contribution is -2.39.